The Bertz CT molecular complexity index is 521. The van der Waals surface area contributed by atoms with Gasteiger partial charge in [-0.2, -0.15) is 0 Å². The molecule has 1 aromatic carbocycles. The van der Waals surface area contributed by atoms with Crippen molar-refractivity contribution in [3.63, 3.8) is 0 Å². The normalized spacial score (nSPS) is 18.9. The zero-order valence-electron chi connectivity index (χ0n) is 11.8. The van der Waals surface area contributed by atoms with Crippen LogP contribution in [0.15, 0.2) is 33.6 Å². The molecule has 0 heterocycles. The van der Waals surface area contributed by atoms with E-state index < -0.39 is 15.1 Å². The van der Waals surface area contributed by atoms with Crippen LogP contribution in [0.2, 0.25) is 0 Å². The number of hydrogen-bond acceptors (Lipinski definition) is 3. The second-order valence-electron chi connectivity index (χ2n) is 5.55. The lowest BCUT2D eigenvalue weighted by Crippen LogP contribution is -2.38. The summed E-state index contributed by atoms with van der Waals surface area (Å²) in [5, 5.41) is 3.02. The van der Waals surface area contributed by atoms with Crippen molar-refractivity contribution in [2.75, 3.05) is 6.54 Å². The van der Waals surface area contributed by atoms with Crippen molar-refractivity contribution in [2.24, 2.45) is 0 Å². The second-order valence-corrected chi connectivity index (χ2v) is 8.83. The van der Waals surface area contributed by atoms with Gasteiger partial charge in [-0.1, -0.05) is 35.2 Å². The van der Waals surface area contributed by atoms with Crippen LogP contribution < -0.4 is 5.32 Å². The summed E-state index contributed by atoms with van der Waals surface area (Å²) >= 11 is 3.32. The first-order chi connectivity index (χ1) is 9.50. The summed E-state index contributed by atoms with van der Waals surface area (Å²) < 4.78 is 25.8. The summed E-state index contributed by atoms with van der Waals surface area (Å²) in [4.78, 5) is 0.402. The molecule has 112 valence electrons. The quantitative estimate of drug-likeness (QED) is 0.874. The van der Waals surface area contributed by atoms with E-state index in [2.05, 4.69) is 21.2 Å². The van der Waals surface area contributed by atoms with Gasteiger partial charge in [0.05, 0.1) is 10.1 Å². The molecule has 1 unspecified atom stereocenters. The second kappa shape index (κ2) is 7.05. The standard InChI is InChI=1S/C15H22BrNO2S/c1-12(11-17-14-5-3-2-4-6-14)20(18,19)15-9-7-13(16)8-10-15/h7-10,12,14,17H,2-6,11H2,1H3. The molecule has 0 radical (unpaired) electrons. The van der Waals surface area contributed by atoms with E-state index >= 15 is 0 Å². The van der Waals surface area contributed by atoms with Crippen molar-refractivity contribution in [2.45, 2.75) is 55.2 Å². The highest BCUT2D eigenvalue weighted by molar-refractivity contribution is 9.10. The molecule has 0 bridgehead atoms. The van der Waals surface area contributed by atoms with Gasteiger partial charge in [0.25, 0.3) is 0 Å². The summed E-state index contributed by atoms with van der Waals surface area (Å²) in [7, 11) is -3.24. The third-order valence-electron chi connectivity index (χ3n) is 3.97. The van der Waals surface area contributed by atoms with Gasteiger partial charge in [-0.05, 0) is 44.0 Å². The van der Waals surface area contributed by atoms with Crippen LogP contribution in [0.1, 0.15) is 39.0 Å². The highest BCUT2D eigenvalue weighted by atomic mass is 79.9. The van der Waals surface area contributed by atoms with E-state index in [0.717, 1.165) is 4.47 Å². The predicted molar refractivity (Wildman–Crippen MR) is 85.7 cm³/mol. The maximum atomic E-state index is 12.5. The van der Waals surface area contributed by atoms with E-state index in [0.29, 0.717) is 17.5 Å². The van der Waals surface area contributed by atoms with Crippen molar-refractivity contribution in [3.05, 3.63) is 28.7 Å². The highest BCUT2D eigenvalue weighted by Crippen LogP contribution is 2.20. The van der Waals surface area contributed by atoms with Crippen LogP contribution in [-0.4, -0.2) is 26.3 Å². The Morgan fingerprint density at radius 3 is 2.40 bits per heavy atom. The van der Waals surface area contributed by atoms with E-state index in [9.17, 15) is 8.42 Å². The zero-order valence-corrected chi connectivity index (χ0v) is 14.2. The largest absolute Gasteiger partial charge is 0.313 e. The molecule has 1 aliphatic rings. The average Bonchev–Trinajstić information content (AvgIpc) is 2.46. The van der Waals surface area contributed by atoms with Crippen molar-refractivity contribution in [1.82, 2.24) is 5.32 Å². The van der Waals surface area contributed by atoms with E-state index in [1.807, 2.05) is 0 Å². The van der Waals surface area contributed by atoms with Gasteiger partial charge in [0.1, 0.15) is 0 Å². The Hall–Kier alpha value is -0.390. The van der Waals surface area contributed by atoms with Crippen LogP contribution in [0.5, 0.6) is 0 Å². The molecule has 1 N–H and O–H groups in total. The number of rotatable bonds is 5. The van der Waals surface area contributed by atoms with Gasteiger partial charge in [0.2, 0.25) is 0 Å². The lowest BCUT2D eigenvalue weighted by atomic mass is 9.95. The van der Waals surface area contributed by atoms with Crippen LogP contribution in [0.3, 0.4) is 0 Å². The summed E-state index contributed by atoms with van der Waals surface area (Å²) in [5.74, 6) is 0. The van der Waals surface area contributed by atoms with Gasteiger partial charge in [-0.3, -0.25) is 0 Å². The molecule has 0 aliphatic heterocycles. The van der Waals surface area contributed by atoms with Crippen LogP contribution in [0.25, 0.3) is 0 Å². The average molecular weight is 360 g/mol. The molecule has 2 rings (SSSR count). The molecule has 0 aromatic heterocycles. The molecule has 3 nitrogen and oxygen atoms in total. The van der Waals surface area contributed by atoms with Crippen LogP contribution in [0, 0.1) is 0 Å². The molecular formula is C15H22BrNO2S. The van der Waals surface area contributed by atoms with Gasteiger partial charge >= 0.3 is 0 Å². The Balaban J connectivity index is 1.96. The monoisotopic (exact) mass is 359 g/mol. The van der Waals surface area contributed by atoms with Crippen LogP contribution in [-0.2, 0) is 9.84 Å². The molecule has 0 spiro atoms. The van der Waals surface area contributed by atoms with Gasteiger partial charge in [-0.15, -0.1) is 0 Å². The molecule has 1 fully saturated rings. The van der Waals surface area contributed by atoms with E-state index in [4.69, 9.17) is 0 Å². The molecular weight excluding hydrogens is 338 g/mol. The first-order valence-electron chi connectivity index (χ1n) is 7.23. The lowest BCUT2D eigenvalue weighted by molar-refractivity contribution is 0.374. The smallest absolute Gasteiger partial charge is 0.182 e. The Kier molecular flexibility index (Phi) is 5.64. The SMILES string of the molecule is CC(CNC1CCCCC1)S(=O)(=O)c1ccc(Br)cc1. The molecule has 1 atom stereocenters. The molecule has 5 heteroatoms. The van der Waals surface area contributed by atoms with E-state index in [-0.39, 0.29) is 0 Å². The fourth-order valence-electron chi connectivity index (χ4n) is 2.61. The van der Waals surface area contributed by atoms with E-state index in [1.54, 1.807) is 31.2 Å². The van der Waals surface area contributed by atoms with Gasteiger partial charge in [0, 0.05) is 17.1 Å². The Morgan fingerprint density at radius 1 is 1.20 bits per heavy atom. The fourth-order valence-corrected chi connectivity index (χ4v) is 4.17. The van der Waals surface area contributed by atoms with Gasteiger partial charge in [-0.25, -0.2) is 8.42 Å². The molecule has 1 aromatic rings. The number of nitrogens with one attached hydrogen (secondary N) is 1. The minimum absolute atomic E-state index is 0.398. The zero-order chi connectivity index (χ0) is 14.6. The van der Waals surface area contributed by atoms with Crippen molar-refractivity contribution in [1.29, 1.82) is 0 Å². The van der Waals surface area contributed by atoms with Crippen molar-refractivity contribution >= 4 is 25.8 Å². The van der Waals surface area contributed by atoms with Gasteiger partial charge in [0.15, 0.2) is 9.84 Å². The summed E-state index contributed by atoms with van der Waals surface area (Å²) in [6, 6.07) is 7.36. The molecule has 0 saturated heterocycles. The summed E-state index contributed by atoms with van der Waals surface area (Å²) in [6.45, 7) is 2.32. The Morgan fingerprint density at radius 2 is 1.80 bits per heavy atom. The van der Waals surface area contributed by atoms with Gasteiger partial charge < -0.3 is 5.32 Å². The Labute approximate surface area is 130 Å². The molecule has 0 amide bonds. The lowest BCUT2D eigenvalue weighted by Gasteiger charge is -2.24. The predicted octanol–water partition coefficient (Wildman–Crippen LogP) is 3.53. The van der Waals surface area contributed by atoms with Crippen LogP contribution in [0.4, 0.5) is 0 Å². The first kappa shape index (κ1) is 16.0. The number of halogens is 1. The fraction of sp³-hybridized carbons (Fsp3) is 0.600. The third kappa shape index (κ3) is 4.06. The number of benzene rings is 1. The number of sulfone groups is 1. The van der Waals surface area contributed by atoms with Crippen LogP contribution >= 0.6 is 15.9 Å². The molecule has 1 saturated carbocycles. The highest BCUT2D eigenvalue weighted by Gasteiger charge is 2.24. The summed E-state index contributed by atoms with van der Waals surface area (Å²) in [6.07, 6.45) is 6.16. The maximum absolute atomic E-state index is 12.5. The minimum Gasteiger partial charge on any atom is -0.313 e. The van der Waals surface area contributed by atoms with Crippen molar-refractivity contribution in [3.8, 4) is 0 Å². The van der Waals surface area contributed by atoms with E-state index in [1.165, 1.54) is 32.1 Å². The number of hydrogen-bond donors (Lipinski definition) is 1. The third-order valence-corrected chi connectivity index (χ3v) is 6.66. The molecule has 1 aliphatic carbocycles. The minimum atomic E-state index is -3.24. The van der Waals surface area contributed by atoms with Crippen molar-refractivity contribution < 1.29 is 8.42 Å². The first-order valence-corrected chi connectivity index (χ1v) is 9.57. The summed E-state index contributed by atoms with van der Waals surface area (Å²) in [5.41, 5.74) is 0. The molecule has 20 heavy (non-hydrogen) atoms. The maximum Gasteiger partial charge on any atom is 0.182 e. The topological polar surface area (TPSA) is 46.2 Å².